The van der Waals surface area contributed by atoms with Gasteiger partial charge in [0.05, 0.1) is 0 Å². The van der Waals surface area contributed by atoms with E-state index in [1.807, 2.05) is 12.4 Å². The van der Waals surface area contributed by atoms with Gasteiger partial charge in [-0.05, 0) is 56.3 Å². The van der Waals surface area contributed by atoms with Crippen LogP contribution in [-0.4, -0.2) is 18.1 Å². The first-order valence-corrected chi connectivity index (χ1v) is 5.96. The molecule has 1 saturated carbocycles. The van der Waals surface area contributed by atoms with Gasteiger partial charge in [0.25, 0.3) is 0 Å². The molecule has 2 rings (SSSR count). The summed E-state index contributed by atoms with van der Waals surface area (Å²) in [6.07, 6.45) is 10.5. The maximum Gasteiger partial charge on any atom is 0.0270 e. The molecule has 2 nitrogen and oxygen atoms in total. The predicted octanol–water partition coefficient (Wildman–Crippen LogP) is 2.40. The van der Waals surface area contributed by atoms with Gasteiger partial charge in [0.1, 0.15) is 0 Å². The molecule has 0 amide bonds. The minimum Gasteiger partial charge on any atom is -0.317 e. The van der Waals surface area contributed by atoms with Gasteiger partial charge in [0.15, 0.2) is 0 Å². The normalized spacial score (nSPS) is 18.5. The van der Waals surface area contributed by atoms with E-state index >= 15 is 0 Å². The third kappa shape index (κ3) is 2.78. The number of pyridine rings is 1. The molecule has 0 radical (unpaired) electrons. The summed E-state index contributed by atoms with van der Waals surface area (Å²) in [5.41, 5.74) is 1.41. The van der Waals surface area contributed by atoms with Crippen molar-refractivity contribution in [3.8, 4) is 0 Å². The van der Waals surface area contributed by atoms with Crippen LogP contribution in [0.15, 0.2) is 24.5 Å². The number of nitrogens with zero attached hydrogens (tertiary/aromatic N) is 1. The van der Waals surface area contributed by atoms with Crippen LogP contribution in [0.2, 0.25) is 0 Å². The van der Waals surface area contributed by atoms with Gasteiger partial charge in [-0.1, -0.05) is 6.42 Å². The number of aryl methyl sites for hydroxylation is 1. The molecule has 0 saturated heterocycles. The summed E-state index contributed by atoms with van der Waals surface area (Å²) >= 11 is 0. The lowest BCUT2D eigenvalue weighted by Crippen LogP contribution is -2.37. The maximum absolute atomic E-state index is 4.04. The van der Waals surface area contributed by atoms with Crippen LogP contribution in [0.5, 0.6) is 0 Å². The van der Waals surface area contributed by atoms with E-state index in [1.165, 1.54) is 37.7 Å². The van der Waals surface area contributed by atoms with Crippen molar-refractivity contribution in [2.24, 2.45) is 5.92 Å². The highest BCUT2D eigenvalue weighted by molar-refractivity contribution is 5.10. The Bertz CT molecular complexity index is 280. The average molecular weight is 204 g/mol. The lowest BCUT2D eigenvalue weighted by Gasteiger charge is -2.33. The molecule has 0 aliphatic heterocycles. The standard InChI is InChI=1S/C13H20N2/c1-14-13(12-3-2-4-12)6-5-11-7-9-15-10-8-11/h7-10,12-14H,2-6H2,1H3. The monoisotopic (exact) mass is 204 g/mol. The Labute approximate surface area is 92.1 Å². The average Bonchev–Trinajstić information content (AvgIpc) is 2.23. The molecule has 1 unspecified atom stereocenters. The molecule has 1 aliphatic rings. The topological polar surface area (TPSA) is 24.9 Å². The number of hydrogen-bond acceptors (Lipinski definition) is 2. The summed E-state index contributed by atoms with van der Waals surface area (Å²) in [4.78, 5) is 4.04. The van der Waals surface area contributed by atoms with E-state index in [4.69, 9.17) is 0 Å². The van der Waals surface area contributed by atoms with Crippen LogP contribution in [0.4, 0.5) is 0 Å². The quantitative estimate of drug-likeness (QED) is 0.796. The van der Waals surface area contributed by atoms with E-state index in [0.717, 1.165) is 5.92 Å². The molecular formula is C13H20N2. The highest BCUT2D eigenvalue weighted by Gasteiger charge is 2.25. The van der Waals surface area contributed by atoms with Crippen molar-refractivity contribution in [1.29, 1.82) is 0 Å². The molecule has 15 heavy (non-hydrogen) atoms. The van der Waals surface area contributed by atoms with Crippen LogP contribution in [-0.2, 0) is 6.42 Å². The first-order chi connectivity index (χ1) is 7.40. The molecule has 1 aromatic heterocycles. The van der Waals surface area contributed by atoms with E-state index in [0.29, 0.717) is 6.04 Å². The van der Waals surface area contributed by atoms with E-state index in [2.05, 4.69) is 29.5 Å². The third-order valence-corrected chi connectivity index (χ3v) is 3.58. The lowest BCUT2D eigenvalue weighted by molar-refractivity contribution is 0.228. The minimum atomic E-state index is 0.715. The molecule has 1 atom stereocenters. The number of nitrogens with one attached hydrogen (secondary N) is 1. The molecule has 0 spiro atoms. The van der Waals surface area contributed by atoms with Crippen LogP contribution in [0.1, 0.15) is 31.2 Å². The van der Waals surface area contributed by atoms with Gasteiger partial charge in [0, 0.05) is 18.4 Å². The molecule has 1 aliphatic carbocycles. The molecular weight excluding hydrogens is 184 g/mol. The van der Waals surface area contributed by atoms with Crippen molar-refractivity contribution in [2.75, 3.05) is 7.05 Å². The SMILES string of the molecule is CNC(CCc1ccncc1)C1CCC1. The molecule has 2 heteroatoms. The zero-order chi connectivity index (χ0) is 10.5. The summed E-state index contributed by atoms with van der Waals surface area (Å²) < 4.78 is 0. The van der Waals surface area contributed by atoms with Crippen molar-refractivity contribution < 1.29 is 0 Å². The molecule has 1 heterocycles. The predicted molar refractivity (Wildman–Crippen MR) is 62.7 cm³/mol. The van der Waals surface area contributed by atoms with Gasteiger partial charge in [-0.2, -0.15) is 0 Å². The summed E-state index contributed by atoms with van der Waals surface area (Å²) in [7, 11) is 2.09. The smallest absolute Gasteiger partial charge is 0.0270 e. The van der Waals surface area contributed by atoms with E-state index in [-0.39, 0.29) is 0 Å². The maximum atomic E-state index is 4.04. The Balaban J connectivity index is 1.80. The second kappa shape index (κ2) is 5.26. The van der Waals surface area contributed by atoms with Crippen LogP contribution in [0, 0.1) is 5.92 Å². The number of aromatic nitrogens is 1. The van der Waals surface area contributed by atoms with Gasteiger partial charge in [0.2, 0.25) is 0 Å². The van der Waals surface area contributed by atoms with Crippen LogP contribution < -0.4 is 5.32 Å². The fourth-order valence-corrected chi connectivity index (χ4v) is 2.33. The Hall–Kier alpha value is -0.890. The summed E-state index contributed by atoms with van der Waals surface area (Å²) in [5, 5.41) is 3.46. The van der Waals surface area contributed by atoms with Gasteiger partial charge < -0.3 is 5.32 Å². The van der Waals surface area contributed by atoms with E-state index in [9.17, 15) is 0 Å². The Morgan fingerprint density at radius 3 is 2.67 bits per heavy atom. The van der Waals surface area contributed by atoms with E-state index < -0.39 is 0 Å². The molecule has 1 fully saturated rings. The zero-order valence-corrected chi connectivity index (χ0v) is 9.45. The van der Waals surface area contributed by atoms with Crippen molar-refractivity contribution >= 4 is 0 Å². The third-order valence-electron chi connectivity index (χ3n) is 3.58. The first kappa shape index (κ1) is 10.6. The molecule has 0 bridgehead atoms. The van der Waals surface area contributed by atoms with Crippen LogP contribution in [0.25, 0.3) is 0 Å². The molecule has 1 N–H and O–H groups in total. The fourth-order valence-electron chi connectivity index (χ4n) is 2.33. The second-order valence-electron chi connectivity index (χ2n) is 4.48. The summed E-state index contributed by atoms with van der Waals surface area (Å²) in [5.74, 6) is 0.928. The van der Waals surface area contributed by atoms with Crippen LogP contribution in [0.3, 0.4) is 0 Å². The number of rotatable bonds is 5. The number of hydrogen-bond donors (Lipinski definition) is 1. The Morgan fingerprint density at radius 2 is 2.13 bits per heavy atom. The summed E-state index contributed by atoms with van der Waals surface area (Å²) in [6, 6.07) is 4.95. The Kier molecular flexibility index (Phi) is 3.73. The molecule has 1 aromatic rings. The largest absolute Gasteiger partial charge is 0.317 e. The Morgan fingerprint density at radius 1 is 1.40 bits per heavy atom. The van der Waals surface area contributed by atoms with Gasteiger partial charge in [-0.15, -0.1) is 0 Å². The minimum absolute atomic E-state index is 0.715. The molecule has 82 valence electrons. The lowest BCUT2D eigenvalue weighted by atomic mass is 9.78. The van der Waals surface area contributed by atoms with Gasteiger partial charge in [-0.3, -0.25) is 4.98 Å². The van der Waals surface area contributed by atoms with Crippen molar-refractivity contribution in [2.45, 2.75) is 38.1 Å². The van der Waals surface area contributed by atoms with E-state index in [1.54, 1.807) is 0 Å². The van der Waals surface area contributed by atoms with Gasteiger partial charge in [-0.25, -0.2) is 0 Å². The van der Waals surface area contributed by atoms with Crippen molar-refractivity contribution in [1.82, 2.24) is 10.3 Å². The van der Waals surface area contributed by atoms with Crippen LogP contribution >= 0.6 is 0 Å². The zero-order valence-electron chi connectivity index (χ0n) is 9.45. The fraction of sp³-hybridized carbons (Fsp3) is 0.615. The summed E-state index contributed by atoms with van der Waals surface area (Å²) in [6.45, 7) is 0. The van der Waals surface area contributed by atoms with Crippen molar-refractivity contribution in [3.05, 3.63) is 30.1 Å². The highest BCUT2D eigenvalue weighted by atomic mass is 14.9. The highest BCUT2D eigenvalue weighted by Crippen LogP contribution is 2.31. The van der Waals surface area contributed by atoms with Crippen molar-refractivity contribution in [3.63, 3.8) is 0 Å². The van der Waals surface area contributed by atoms with Gasteiger partial charge >= 0.3 is 0 Å². The molecule has 0 aromatic carbocycles. The first-order valence-electron chi connectivity index (χ1n) is 5.96. The second-order valence-corrected chi connectivity index (χ2v) is 4.48.